The second-order valence-electron chi connectivity index (χ2n) is 6.00. The number of hydrogen-bond acceptors (Lipinski definition) is 8. The van der Waals surface area contributed by atoms with Crippen molar-refractivity contribution in [3.8, 4) is 5.75 Å². The van der Waals surface area contributed by atoms with E-state index in [0.29, 0.717) is 12.5 Å². The van der Waals surface area contributed by atoms with Crippen LogP contribution in [0.3, 0.4) is 0 Å². The van der Waals surface area contributed by atoms with E-state index >= 15 is 0 Å². The number of nitrogens with two attached hydrogens (primary N) is 1. The Kier molecular flexibility index (Phi) is 6.23. The fourth-order valence-corrected chi connectivity index (χ4v) is 2.71. The van der Waals surface area contributed by atoms with Crippen molar-refractivity contribution in [1.29, 1.82) is 0 Å². The number of esters is 1. The Labute approximate surface area is 163 Å². The summed E-state index contributed by atoms with van der Waals surface area (Å²) in [6.07, 6.45) is 0. The van der Waals surface area contributed by atoms with E-state index in [9.17, 15) is 4.79 Å². The maximum absolute atomic E-state index is 11.1. The van der Waals surface area contributed by atoms with E-state index < -0.39 is 5.97 Å². The molecule has 0 saturated carbocycles. The second-order valence-corrected chi connectivity index (χ2v) is 6.00. The first kappa shape index (κ1) is 19.4. The first-order valence-corrected chi connectivity index (χ1v) is 8.86. The summed E-state index contributed by atoms with van der Waals surface area (Å²) in [7, 11) is 3.59. The van der Waals surface area contributed by atoms with Crippen molar-refractivity contribution >= 4 is 34.3 Å². The van der Waals surface area contributed by atoms with Gasteiger partial charge in [0.05, 0.1) is 25.7 Å². The SMILES string of the molecule is COc1ccc(N(C)c2nc(NCCOC(=O)CN)nc3ccccc23)cc1. The van der Waals surface area contributed by atoms with E-state index in [1.54, 1.807) is 7.11 Å². The van der Waals surface area contributed by atoms with Crippen LogP contribution in [0.2, 0.25) is 0 Å². The zero-order valence-corrected chi connectivity index (χ0v) is 15.9. The van der Waals surface area contributed by atoms with Gasteiger partial charge in [-0.1, -0.05) is 12.1 Å². The topological polar surface area (TPSA) is 103 Å². The lowest BCUT2D eigenvalue weighted by Crippen LogP contribution is -2.21. The van der Waals surface area contributed by atoms with Crippen LogP contribution < -0.4 is 20.7 Å². The summed E-state index contributed by atoms with van der Waals surface area (Å²) < 4.78 is 10.2. The number of ether oxygens (including phenoxy) is 2. The quantitative estimate of drug-likeness (QED) is 0.453. The number of rotatable bonds is 8. The second kappa shape index (κ2) is 9.01. The Morgan fingerprint density at radius 2 is 1.89 bits per heavy atom. The van der Waals surface area contributed by atoms with Gasteiger partial charge < -0.3 is 25.4 Å². The summed E-state index contributed by atoms with van der Waals surface area (Å²) in [5, 5.41) is 4.03. The van der Waals surface area contributed by atoms with Gasteiger partial charge in [0, 0.05) is 18.1 Å². The number of anilines is 3. The lowest BCUT2D eigenvalue weighted by Gasteiger charge is -2.21. The first-order valence-electron chi connectivity index (χ1n) is 8.86. The predicted molar refractivity (Wildman–Crippen MR) is 109 cm³/mol. The average molecular weight is 381 g/mol. The molecular weight excluding hydrogens is 358 g/mol. The van der Waals surface area contributed by atoms with Crippen molar-refractivity contribution in [3.05, 3.63) is 48.5 Å². The van der Waals surface area contributed by atoms with E-state index in [1.807, 2.05) is 60.5 Å². The molecule has 1 heterocycles. The molecule has 0 bridgehead atoms. The van der Waals surface area contributed by atoms with Crippen LogP contribution in [-0.2, 0) is 9.53 Å². The lowest BCUT2D eigenvalue weighted by atomic mass is 10.2. The molecule has 0 fully saturated rings. The van der Waals surface area contributed by atoms with E-state index in [4.69, 9.17) is 15.2 Å². The van der Waals surface area contributed by atoms with Gasteiger partial charge in [0.1, 0.15) is 18.2 Å². The largest absolute Gasteiger partial charge is 0.497 e. The predicted octanol–water partition coefficient (Wildman–Crippen LogP) is 2.32. The van der Waals surface area contributed by atoms with Crippen LogP contribution in [0, 0.1) is 0 Å². The van der Waals surface area contributed by atoms with Gasteiger partial charge in [-0.05, 0) is 36.4 Å². The van der Waals surface area contributed by atoms with E-state index in [-0.39, 0.29) is 13.2 Å². The smallest absolute Gasteiger partial charge is 0.319 e. The highest BCUT2D eigenvalue weighted by atomic mass is 16.5. The monoisotopic (exact) mass is 381 g/mol. The Balaban J connectivity index is 1.86. The lowest BCUT2D eigenvalue weighted by molar-refractivity contribution is -0.141. The van der Waals surface area contributed by atoms with Crippen molar-refractivity contribution < 1.29 is 14.3 Å². The number of methoxy groups -OCH3 is 1. The summed E-state index contributed by atoms with van der Waals surface area (Å²) in [5.41, 5.74) is 7.00. The standard InChI is InChI=1S/C20H23N5O3/c1-25(14-7-9-15(27-2)10-8-14)19-16-5-3-4-6-17(16)23-20(24-19)22-11-12-28-18(26)13-21/h3-10H,11-13,21H2,1-2H3,(H,22,23,24). The summed E-state index contributed by atoms with van der Waals surface area (Å²) in [5.74, 6) is 1.57. The van der Waals surface area contributed by atoms with Crippen molar-refractivity contribution in [3.63, 3.8) is 0 Å². The molecule has 0 radical (unpaired) electrons. The highest BCUT2D eigenvalue weighted by Gasteiger charge is 2.13. The Bertz CT molecular complexity index is 946. The molecule has 0 spiro atoms. The summed E-state index contributed by atoms with van der Waals surface area (Å²) in [6, 6.07) is 15.5. The molecule has 0 aliphatic carbocycles. The zero-order valence-electron chi connectivity index (χ0n) is 15.9. The number of aromatic nitrogens is 2. The Morgan fingerprint density at radius 1 is 1.14 bits per heavy atom. The summed E-state index contributed by atoms with van der Waals surface area (Å²) >= 11 is 0. The van der Waals surface area contributed by atoms with Crippen molar-refractivity contribution in [2.45, 2.75) is 0 Å². The van der Waals surface area contributed by atoms with E-state index in [0.717, 1.165) is 28.2 Å². The maximum atomic E-state index is 11.1. The highest BCUT2D eigenvalue weighted by Crippen LogP contribution is 2.30. The molecule has 0 amide bonds. The van der Waals surface area contributed by atoms with Crippen molar-refractivity contribution in [2.75, 3.05) is 44.1 Å². The molecule has 0 aliphatic heterocycles. The van der Waals surface area contributed by atoms with Crippen LogP contribution in [-0.4, -0.2) is 49.8 Å². The molecule has 3 rings (SSSR count). The number of para-hydroxylation sites is 1. The average Bonchev–Trinajstić information content (AvgIpc) is 2.75. The van der Waals surface area contributed by atoms with Crippen molar-refractivity contribution in [2.24, 2.45) is 5.73 Å². The molecule has 2 aromatic carbocycles. The fourth-order valence-electron chi connectivity index (χ4n) is 2.71. The molecule has 8 nitrogen and oxygen atoms in total. The number of carbonyl (C=O) groups excluding carboxylic acids is 1. The molecule has 3 aromatic rings. The number of nitrogens with zero attached hydrogens (tertiary/aromatic N) is 3. The third kappa shape index (κ3) is 4.47. The van der Waals surface area contributed by atoms with Gasteiger partial charge in [-0.2, -0.15) is 4.98 Å². The molecule has 0 atom stereocenters. The molecule has 8 heteroatoms. The number of hydrogen-bond donors (Lipinski definition) is 2. The summed E-state index contributed by atoms with van der Waals surface area (Å²) in [6.45, 7) is 0.439. The normalized spacial score (nSPS) is 10.5. The van der Waals surface area contributed by atoms with Gasteiger partial charge in [0.25, 0.3) is 0 Å². The first-order chi connectivity index (χ1) is 13.6. The van der Waals surface area contributed by atoms with E-state index in [1.165, 1.54) is 0 Å². The number of fused-ring (bicyclic) bond motifs is 1. The third-order valence-electron chi connectivity index (χ3n) is 4.18. The van der Waals surface area contributed by atoms with Gasteiger partial charge in [-0.3, -0.25) is 4.79 Å². The van der Waals surface area contributed by atoms with Gasteiger partial charge in [-0.15, -0.1) is 0 Å². The molecule has 0 saturated heterocycles. The van der Waals surface area contributed by atoms with Gasteiger partial charge in [-0.25, -0.2) is 4.98 Å². The molecule has 3 N–H and O–H groups in total. The molecule has 0 unspecified atom stereocenters. The van der Waals surface area contributed by atoms with E-state index in [2.05, 4.69) is 15.3 Å². The molecular formula is C20H23N5O3. The minimum absolute atomic E-state index is 0.136. The zero-order chi connectivity index (χ0) is 19.9. The number of benzene rings is 2. The minimum Gasteiger partial charge on any atom is -0.497 e. The number of carbonyl (C=O) groups is 1. The van der Waals surface area contributed by atoms with Crippen molar-refractivity contribution in [1.82, 2.24) is 9.97 Å². The van der Waals surface area contributed by atoms with Crippen LogP contribution in [0.1, 0.15) is 0 Å². The van der Waals surface area contributed by atoms with Gasteiger partial charge >= 0.3 is 5.97 Å². The summed E-state index contributed by atoms with van der Waals surface area (Å²) in [4.78, 5) is 22.3. The molecule has 1 aromatic heterocycles. The highest BCUT2D eigenvalue weighted by molar-refractivity contribution is 5.92. The van der Waals surface area contributed by atoms with Crippen LogP contribution in [0.5, 0.6) is 5.75 Å². The fraction of sp³-hybridized carbons (Fsp3) is 0.250. The minimum atomic E-state index is -0.443. The van der Waals surface area contributed by atoms with Crippen LogP contribution in [0.25, 0.3) is 10.9 Å². The molecule has 146 valence electrons. The third-order valence-corrected chi connectivity index (χ3v) is 4.18. The molecule has 0 aliphatic rings. The van der Waals surface area contributed by atoms with Gasteiger partial charge in [0.2, 0.25) is 5.95 Å². The maximum Gasteiger partial charge on any atom is 0.319 e. The Morgan fingerprint density at radius 3 is 2.61 bits per heavy atom. The van der Waals surface area contributed by atoms with Crippen LogP contribution in [0.4, 0.5) is 17.5 Å². The van der Waals surface area contributed by atoms with Gasteiger partial charge in [0.15, 0.2) is 0 Å². The molecule has 28 heavy (non-hydrogen) atoms. The number of nitrogens with one attached hydrogen (secondary N) is 1. The Hall–Kier alpha value is -3.39. The van der Waals surface area contributed by atoms with Crippen LogP contribution in [0.15, 0.2) is 48.5 Å². The van der Waals surface area contributed by atoms with Crippen LogP contribution >= 0.6 is 0 Å².